The lowest BCUT2D eigenvalue weighted by atomic mass is 10.0. The molecule has 0 amide bonds. The van der Waals surface area contributed by atoms with Gasteiger partial charge in [-0.25, -0.2) is 4.79 Å². The predicted octanol–water partition coefficient (Wildman–Crippen LogP) is 3.09. The molecule has 2 rings (SSSR count). The lowest BCUT2D eigenvalue weighted by Crippen LogP contribution is -2.02. The van der Waals surface area contributed by atoms with E-state index in [1.165, 1.54) is 18.4 Å². The predicted molar refractivity (Wildman–Crippen MR) is 70.2 cm³/mol. The molecule has 17 heavy (non-hydrogen) atoms. The second-order valence-electron chi connectivity index (χ2n) is 3.63. The average Bonchev–Trinajstić information content (AvgIpc) is 2.65. The number of rotatable bonds is 2. The monoisotopic (exact) mass is 247 g/mol. The minimum absolute atomic E-state index is 0.377. The average molecular weight is 247 g/mol. The summed E-state index contributed by atoms with van der Waals surface area (Å²) in [4.78, 5) is 13.0. The van der Waals surface area contributed by atoms with Gasteiger partial charge in [0.15, 0.2) is 0 Å². The first-order valence-electron chi connectivity index (χ1n) is 5.17. The minimum Gasteiger partial charge on any atom is -0.465 e. The maximum Gasteiger partial charge on any atom is 0.350 e. The summed E-state index contributed by atoms with van der Waals surface area (Å²) in [5, 5.41) is 0. The molecule has 2 N–H and O–H groups in total. The Morgan fingerprint density at radius 3 is 2.53 bits per heavy atom. The van der Waals surface area contributed by atoms with Crippen LogP contribution in [-0.2, 0) is 4.74 Å². The van der Waals surface area contributed by atoms with Crippen molar-refractivity contribution in [2.24, 2.45) is 0 Å². The molecule has 2 aromatic rings. The van der Waals surface area contributed by atoms with Crippen LogP contribution in [0, 0.1) is 6.92 Å². The topological polar surface area (TPSA) is 52.3 Å². The number of esters is 1. The van der Waals surface area contributed by atoms with E-state index >= 15 is 0 Å². The van der Waals surface area contributed by atoms with Gasteiger partial charge in [-0.3, -0.25) is 0 Å². The number of carbonyl (C=O) groups is 1. The van der Waals surface area contributed by atoms with Crippen molar-refractivity contribution < 1.29 is 9.53 Å². The Bertz CT molecular complexity index is 546. The molecule has 0 atom stereocenters. The van der Waals surface area contributed by atoms with E-state index in [0.29, 0.717) is 10.6 Å². The summed E-state index contributed by atoms with van der Waals surface area (Å²) in [5.41, 5.74) is 8.48. The van der Waals surface area contributed by atoms with Crippen molar-refractivity contribution >= 4 is 23.0 Å². The van der Waals surface area contributed by atoms with Gasteiger partial charge in [0.05, 0.1) is 12.8 Å². The van der Waals surface area contributed by atoms with Crippen LogP contribution in [0.4, 0.5) is 5.69 Å². The molecule has 0 unspecified atom stereocenters. The Kier molecular flexibility index (Phi) is 3.15. The zero-order chi connectivity index (χ0) is 12.4. The highest BCUT2D eigenvalue weighted by atomic mass is 32.1. The third-order valence-electron chi connectivity index (χ3n) is 2.55. The summed E-state index contributed by atoms with van der Waals surface area (Å²) in [7, 11) is 1.36. The molecule has 0 spiro atoms. The smallest absolute Gasteiger partial charge is 0.350 e. The van der Waals surface area contributed by atoms with Crippen molar-refractivity contribution in [1.82, 2.24) is 0 Å². The molecule has 88 valence electrons. The first kappa shape index (κ1) is 11.7. The lowest BCUT2D eigenvalue weighted by Gasteiger charge is -2.02. The number of nitrogen functional groups attached to an aromatic ring is 1. The Hall–Kier alpha value is -1.81. The molecule has 0 aliphatic carbocycles. The highest BCUT2D eigenvalue weighted by molar-refractivity contribution is 7.15. The second-order valence-corrected chi connectivity index (χ2v) is 4.86. The number of hydrogen-bond donors (Lipinski definition) is 1. The van der Waals surface area contributed by atoms with Crippen LogP contribution in [0.5, 0.6) is 0 Å². The van der Waals surface area contributed by atoms with Crippen LogP contribution in [0.3, 0.4) is 0 Å². The fourth-order valence-electron chi connectivity index (χ4n) is 1.77. The molecule has 0 saturated heterocycles. The van der Waals surface area contributed by atoms with E-state index < -0.39 is 0 Å². The summed E-state index contributed by atoms with van der Waals surface area (Å²) in [6.45, 7) is 1.95. The summed E-state index contributed by atoms with van der Waals surface area (Å²) in [5.74, 6) is -0.377. The van der Waals surface area contributed by atoms with Crippen LogP contribution >= 0.6 is 11.3 Å². The number of nitrogens with two attached hydrogens (primary N) is 1. The zero-order valence-electron chi connectivity index (χ0n) is 9.69. The van der Waals surface area contributed by atoms with E-state index in [9.17, 15) is 4.79 Å². The molecule has 0 fully saturated rings. The number of hydrogen-bond acceptors (Lipinski definition) is 4. The van der Waals surface area contributed by atoms with Gasteiger partial charge in [0, 0.05) is 10.4 Å². The third kappa shape index (κ3) is 2.03. The van der Waals surface area contributed by atoms with E-state index in [4.69, 9.17) is 10.5 Å². The van der Waals surface area contributed by atoms with E-state index in [-0.39, 0.29) is 5.97 Å². The maximum absolute atomic E-state index is 11.5. The molecular weight excluding hydrogens is 234 g/mol. The van der Waals surface area contributed by atoms with Crippen LogP contribution < -0.4 is 5.73 Å². The Labute approximate surface area is 104 Å². The number of anilines is 1. The Morgan fingerprint density at radius 2 is 1.94 bits per heavy atom. The van der Waals surface area contributed by atoms with Crippen LogP contribution in [0.2, 0.25) is 0 Å². The lowest BCUT2D eigenvalue weighted by molar-refractivity contribution is 0.0607. The quantitative estimate of drug-likeness (QED) is 0.830. The van der Waals surface area contributed by atoms with E-state index in [1.807, 2.05) is 37.3 Å². The summed E-state index contributed by atoms with van der Waals surface area (Å²) in [6, 6.07) is 9.80. The molecule has 4 heteroatoms. The van der Waals surface area contributed by atoms with Gasteiger partial charge in [0.2, 0.25) is 0 Å². The highest BCUT2D eigenvalue weighted by Gasteiger charge is 2.20. The molecule has 0 aliphatic rings. The minimum atomic E-state index is -0.377. The number of benzene rings is 1. The van der Waals surface area contributed by atoms with Crippen LogP contribution in [0.1, 0.15) is 14.5 Å². The maximum atomic E-state index is 11.5. The molecule has 0 saturated carbocycles. The largest absolute Gasteiger partial charge is 0.465 e. The number of aryl methyl sites for hydroxylation is 1. The first-order chi connectivity index (χ1) is 8.15. The number of thiophene rings is 1. The van der Waals surface area contributed by atoms with Crippen molar-refractivity contribution in [3.8, 4) is 11.1 Å². The summed E-state index contributed by atoms with van der Waals surface area (Å²) < 4.78 is 4.71. The summed E-state index contributed by atoms with van der Waals surface area (Å²) in [6.07, 6.45) is 0. The van der Waals surface area contributed by atoms with Gasteiger partial charge in [0.1, 0.15) is 4.88 Å². The van der Waals surface area contributed by atoms with Gasteiger partial charge in [0.25, 0.3) is 0 Å². The normalized spacial score (nSPS) is 10.2. The molecular formula is C13H13NO2S. The van der Waals surface area contributed by atoms with Crippen LogP contribution in [0.25, 0.3) is 11.1 Å². The number of ether oxygens (including phenoxy) is 1. The SMILES string of the molecule is COC(=O)c1sc(C)c(-c2ccccc2)c1N. The van der Waals surface area contributed by atoms with Gasteiger partial charge in [-0.1, -0.05) is 30.3 Å². The van der Waals surface area contributed by atoms with E-state index in [1.54, 1.807) is 0 Å². The van der Waals surface area contributed by atoms with Crippen molar-refractivity contribution in [3.63, 3.8) is 0 Å². The standard InChI is InChI=1S/C13H13NO2S/c1-8-10(9-6-4-3-5-7-9)11(14)12(17-8)13(15)16-2/h3-7H,14H2,1-2H3. The van der Waals surface area contributed by atoms with Crippen molar-refractivity contribution in [3.05, 3.63) is 40.1 Å². The third-order valence-corrected chi connectivity index (χ3v) is 3.66. The first-order valence-corrected chi connectivity index (χ1v) is 5.99. The van der Waals surface area contributed by atoms with Gasteiger partial charge >= 0.3 is 5.97 Å². The van der Waals surface area contributed by atoms with Gasteiger partial charge in [-0.05, 0) is 12.5 Å². The molecule has 1 heterocycles. The van der Waals surface area contributed by atoms with Crippen LogP contribution in [0.15, 0.2) is 30.3 Å². The van der Waals surface area contributed by atoms with Gasteiger partial charge in [-0.15, -0.1) is 11.3 Å². The summed E-state index contributed by atoms with van der Waals surface area (Å²) >= 11 is 1.37. The molecule has 0 bridgehead atoms. The molecule has 1 aromatic carbocycles. The molecule has 0 aliphatic heterocycles. The van der Waals surface area contributed by atoms with Crippen molar-refractivity contribution in [1.29, 1.82) is 0 Å². The van der Waals surface area contributed by atoms with E-state index in [2.05, 4.69) is 0 Å². The highest BCUT2D eigenvalue weighted by Crippen LogP contribution is 2.38. The Balaban J connectivity index is 2.57. The zero-order valence-corrected chi connectivity index (χ0v) is 10.5. The van der Waals surface area contributed by atoms with Gasteiger partial charge in [-0.2, -0.15) is 0 Å². The molecule has 0 radical (unpaired) electrons. The number of carbonyl (C=O) groups excluding carboxylic acids is 1. The Morgan fingerprint density at radius 1 is 1.29 bits per heavy atom. The van der Waals surface area contributed by atoms with Crippen LogP contribution in [-0.4, -0.2) is 13.1 Å². The van der Waals surface area contributed by atoms with Gasteiger partial charge < -0.3 is 10.5 Å². The van der Waals surface area contributed by atoms with Crippen molar-refractivity contribution in [2.75, 3.05) is 12.8 Å². The van der Waals surface area contributed by atoms with E-state index in [0.717, 1.165) is 16.0 Å². The molecule has 3 nitrogen and oxygen atoms in total. The fourth-order valence-corrected chi connectivity index (χ4v) is 2.78. The van der Waals surface area contributed by atoms with Crippen molar-refractivity contribution in [2.45, 2.75) is 6.92 Å². The number of methoxy groups -OCH3 is 1. The second kappa shape index (κ2) is 4.59. The fraction of sp³-hybridized carbons (Fsp3) is 0.154. The molecule has 1 aromatic heterocycles.